The number of alkyl halides is 1. The standard InChI is InChI=1S/C4H6ClO3/c5-1-2-7-4-8-3-6/h1-2,4H2. The van der Waals surface area contributed by atoms with Gasteiger partial charge in [0.05, 0.1) is 6.61 Å². The van der Waals surface area contributed by atoms with Gasteiger partial charge in [0.2, 0.25) is 0 Å². The Hall–Kier alpha value is -0.280. The first-order valence-electron chi connectivity index (χ1n) is 2.04. The largest absolute Gasteiger partial charge is 0.430 e. The lowest BCUT2D eigenvalue weighted by Gasteiger charge is -1.95. The maximum absolute atomic E-state index is 9.31. The first-order valence-corrected chi connectivity index (χ1v) is 2.58. The molecule has 4 heteroatoms. The molecule has 0 rings (SSSR count). The van der Waals surface area contributed by atoms with Crippen LogP contribution in [0, 0.1) is 0 Å². The fourth-order valence-electron chi connectivity index (χ4n) is 0.179. The molecule has 0 atom stereocenters. The monoisotopic (exact) mass is 137 g/mol. The van der Waals surface area contributed by atoms with Crippen molar-refractivity contribution in [1.82, 2.24) is 0 Å². The molecule has 0 amide bonds. The Morgan fingerprint density at radius 1 is 1.62 bits per heavy atom. The highest BCUT2D eigenvalue weighted by atomic mass is 35.5. The molecule has 0 aromatic rings. The number of ether oxygens (including phenoxy) is 2. The zero-order valence-corrected chi connectivity index (χ0v) is 4.98. The predicted octanol–water partition coefficient (Wildman–Crippen LogP) is 0.283. The fraction of sp³-hybridized carbons (Fsp3) is 0.750. The van der Waals surface area contributed by atoms with Gasteiger partial charge in [-0.05, 0) is 0 Å². The van der Waals surface area contributed by atoms with Crippen molar-refractivity contribution in [3.05, 3.63) is 0 Å². The Balaban J connectivity index is 2.62. The highest BCUT2D eigenvalue weighted by molar-refractivity contribution is 6.17. The third-order valence-corrected chi connectivity index (χ3v) is 0.577. The van der Waals surface area contributed by atoms with Crippen LogP contribution in [0.4, 0.5) is 0 Å². The summed E-state index contributed by atoms with van der Waals surface area (Å²) in [6.07, 6.45) is 0. The van der Waals surface area contributed by atoms with Crippen molar-refractivity contribution in [2.45, 2.75) is 0 Å². The molecule has 0 heterocycles. The lowest BCUT2D eigenvalue weighted by molar-refractivity contribution is 0.0136. The van der Waals surface area contributed by atoms with E-state index in [0.29, 0.717) is 12.5 Å². The normalized spacial score (nSPS) is 8.62. The summed E-state index contributed by atoms with van der Waals surface area (Å²) in [5.41, 5.74) is 0. The molecule has 0 aromatic heterocycles. The average Bonchev–Trinajstić information content (AvgIpc) is 1.81. The van der Waals surface area contributed by atoms with Gasteiger partial charge in [-0.15, -0.1) is 11.6 Å². The van der Waals surface area contributed by atoms with E-state index in [0.717, 1.165) is 0 Å². The molecule has 0 N–H and O–H groups in total. The molecule has 0 aliphatic rings. The Bertz CT molecular complexity index is 57.2. The van der Waals surface area contributed by atoms with Crippen LogP contribution in [0.3, 0.4) is 0 Å². The second-order valence-corrected chi connectivity index (χ2v) is 1.32. The summed E-state index contributed by atoms with van der Waals surface area (Å²) in [5, 5.41) is 0. The Kier molecular flexibility index (Phi) is 6.48. The maximum atomic E-state index is 9.31. The van der Waals surface area contributed by atoms with Crippen molar-refractivity contribution in [3.8, 4) is 0 Å². The zero-order chi connectivity index (χ0) is 6.24. The highest BCUT2D eigenvalue weighted by Gasteiger charge is 1.82. The highest BCUT2D eigenvalue weighted by Crippen LogP contribution is 1.77. The molecule has 0 unspecified atom stereocenters. The summed E-state index contributed by atoms with van der Waals surface area (Å²) < 4.78 is 8.66. The minimum atomic E-state index is -0.0593. The van der Waals surface area contributed by atoms with Crippen LogP contribution in [0.2, 0.25) is 0 Å². The van der Waals surface area contributed by atoms with Gasteiger partial charge in [-0.3, -0.25) is 0 Å². The first-order chi connectivity index (χ1) is 3.91. The molecule has 1 radical (unpaired) electrons. The van der Waals surface area contributed by atoms with E-state index in [1.807, 2.05) is 0 Å². The van der Waals surface area contributed by atoms with E-state index in [1.165, 1.54) is 6.47 Å². The molecule has 0 fully saturated rings. The molecule has 3 nitrogen and oxygen atoms in total. The fourth-order valence-corrected chi connectivity index (χ4v) is 0.288. The second kappa shape index (κ2) is 6.72. The van der Waals surface area contributed by atoms with Crippen LogP contribution in [0.15, 0.2) is 0 Å². The van der Waals surface area contributed by atoms with Crippen LogP contribution in [0.25, 0.3) is 0 Å². The van der Waals surface area contributed by atoms with Gasteiger partial charge < -0.3 is 9.47 Å². The van der Waals surface area contributed by atoms with E-state index in [4.69, 9.17) is 11.6 Å². The predicted molar refractivity (Wildman–Crippen MR) is 28.3 cm³/mol. The van der Waals surface area contributed by atoms with Crippen LogP contribution in [0.5, 0.6) is 0 Å². The summed E-state index contributed by atoms with van der Waals surface area (Å²) in [6, 6.07) is 0. The second-order valence-electron chi connectivity index (χ2n) is 0.943. The first kappa shape index (κ1) is 7.72. The quantitative estimate of drug-likeness (QED) is 0.310. The van der Waals surface area contributed by atoms with E-state index >= 15 is 0 Å². The summed E-state index contributed by atoms with van der Waals surface area (Å²) in [4.78, 5) is 9.31. The summed E-state index contributed by atoms with van der Waals surface area (Å²) in [5.74, 6) is 0.405. The number of rotatable bonds is 5. The molecule has 0 aromatic carbocycles. The van der Waals surface area contributed by atoms with E-state index in [2.05, 4.69) is 9.47 Å². The summed E-state index contributed by atoms with van der Waals surface area (Å²) in [7, 11) is 0. The summed E-state index contributed by atoms with van der Waals surface area (Å²) in [6.45, 7) is 1.54. The van der Waals surface area contributed by atoms with Crippen LogP contribution in [-0.2, 0) is 14.3 Å². The summed E-state index contributed by atoms with van der Waals surface area (Å²) >= 11 is 5.20. The van der Waals surface area contributed by atoms with Gasteiger partial charge in [-0.1, -0.05) is 0 Å². The molecule has 0 bridgehead atoms. The van der Waals surface area contributed by atoms with Crippen molar-refractivity contribution in [1.29, 1.82) is 0 Å². The van der Waals surface area contributed by atoms with Crippen molar-refractivity contribution in [2.24, 2.45) is 0 Å². The van der Waals surface area contributed by atoms with Crippen molar-refractivity contribution in [3.63, 3.8) is 0 Å². The lowest BCUT2D eigenvalue weighted by Crippen LogP contribution is -2.00. The van der Waals surface area contributed by atoms with Gasteiger partial charge in [0.1, 0.15) is 0 Å². The molecular formula is C4H6ClO3. The Labute approximate surface area is 52.5 Å². The number of hydrogen-bond donors (Lipinski definition) is 0. The third-order valence-electron chi connectivity index (χ3n) is 0.423. The molecule has 0 saturated carbocycles. The SMILES string of the molecule is O=[C]OCOCCCl. The number of hydrogen-bond acceptors (Lipinski definition) is 3. The van der Waals surface area contributed by atoms with Gasteiger partial charge in [0.25, 0.3) is 0 Å². The molecule has 47 valence electrons. The maximum Gasteiger partial charge on any atom is 0.419 e. The van der Waals surface area contributed by atoms with Gasteiger partial charge in [0, 0.05) is 5.88 Å². The third kappa shape index (κ3) is 5.72. The lowest BCUT2D eigenvalue weighted by atomic mass is 10.9. The van der Waals surface area contributed by atoms with E-state index in [9.17, 15) is 4.79 Å². The molecule has 0 spiro atoms. The minimum Gasteiger partial charge on any atom is -0.430 e. The van der Waals surface area contributed by atoms with E-state index in [1.54, 1.807) is 0 Å². The smallest absolute Gasteiger partial charge is 0.419 e. The average molecular weight is 138 g/mol. The van der Waals surface area contributed by atoms with Crippen LogP contribution in [-0.4, -0.2) is 25.8 Å². The topological polar surface area (TPSA) is 35.5 Å². The molecule has 8 heavy (non-hydrogen) atoms. The number of carbonyl (C=O) groups excluding carboxylic acids is 1. The van der Waals surface area contributed by atoms with Crippen LogP contribution in [0.1, 0.15) is 0 Å². The van der Waals surface area contributed by atoms with E-state index in [-0.39, 0.29) is 6.79 Å². The molecule has 0 saturated heterocycles. The molecular weight excluding hydrogens is 131 g/mol. The van der Waals surface area contributed by atoms with Gasteiger partial charge in [-0.25, -0.2) is 4.79 Å². The van der Waals surface area contributed by atoms with Crippen LogP contribution < -0.4 is 0 Å². The van der Waals surface area contributed by atoms with E-state index < -0.39 is 0 Å². The van der Waals surface area contributed by atoms with Crippen molar-refractivity contribution >= 4 is 18.1 Å². The van der Waals surface area contributed by atoms with Crippen LogP contribution >= 0.6 is 11.6 Å². The van der Waals surface area contributed by atoms with Crippen molar-refractivity contribution in [2.75, 3.05) is 19.3 Å². The van der Waals surface area contributed by atoms with Gasteiger partial charge >= 0.3 is 6.47 Å². The van der Waals surface area contributed by atoms with Gasteiger partial charge in [-0.2, -0.15) is 0 Å². The minimum absolute atomic E-state index is 0.0593. The number of halogens is 1. The Morgan fingerprint density at radius 3 is 2.88 bits per heavy atom. The van der Waals surface area contributed by atoms with Crippen molar-refractivity contribution < 1.29 is 14.3 Å². The molecule has 0 aliphatic carbocycles. The molecule has 0 aliphatic heterocycles. The Morgan fingerprint density at radius 2 is 2.38 bits per heavy atom. The zero-order valence-electron chi connectivity index (χ0n) is 4.22. The van der Waals surface area contributed by atoms with Gasteiger partial charge in [0.15, 0.2) is 6.79 Å².